The number of nitrogens with two attached hydrogens (primary N) is 1. The topological polar surface area (TPSA) is 44.5 Å². The third-order valence-electron chi connectivity index (χ3n) is 2.79. The average Bonchev–Trinajstić information content (AvgIpc) is 2.60. The third-order valence-corrected chi connectivity index (χ3v) is 2.79. The molecule has 1 aromatic carbocycles. The lowest BCUT2D eigenvalue weighted by Gasteiger charge is -2.13. The van der Waals surface area contributed by atoms with Gasteiger partial charge in [-0.1, -0.05) is 0 Å². The Morgan fingerprint density at radius 2 is 1.86 bits per heavy atom. The Labute approximate surface area is 83.8 Å². The van der Waals surface area contributed by atoms with Crippen molar-refractivity contribution in [3.05, 3.63) is 23.3 Å². The lowest BCUT2D eigenvalue weighted by Crippen LogP contribution is -2.07. The first-order chi connectivity index (χ1) is 6.77. The molecule has 0 fully saturated rings. The van der Waals surface area contributed by atoms with Gasteiger partial charge in [0.2, 0.25) is 0 Å². The standard InChI is InChI=1S/C11H15NO2/c1-13-9-5-6-10(14-2)11-7(9)3-4-8(11)12/h5-6,8H,3-4,12H2,1-2H3/t8-/m0/s1. The summed E-state index contributed by atoms with van der Waals surface area (Å²) in [5, 5.41) is 0. The lowest BCUT2D eigenvalue weighted by molar-refractivity contribution is 0.396. The van der Waals surface area contributed by atoms with E-state index in [2.05, 4.69) is 0 Å². The summed E-state index contributed by atoms with van der Waals surface area (Å²) in [5.74, 6) is 1.81. The summed E-state index contributed by atoms with van der Waals surface area (Å²) in [4.78, 5) is 0. The van der Waals surface area contributed by atoms with Crippen molar-refractivity contribution in [3.63, 3.8) is 0 Å². The molecular formula is C11H15NO2. The van der Waals surface area contributed by atoms with Gasteiger partial charge in [0.15, 0.2) is 0 Å². The highest BCUT2D eigenvalue weighted by atomic mass is 16.5. The van der Waals surface area contributed by atoms with Gasteiger partial charge < -0.3 is 15.2 Å². The van der Waals surface area contributed by atoms with Gasteiger partial charge >= 0.3 is 0 Å². The SMILES string of the molecule is COc1ccc(OC)c2c1CC[C@@H]2N. The van der Waals surface area contributed by atoms with E-state index in [4.69, 9.17) is 15.2 Å². The van der Waals surface area contributed by atoms with Crippen molar-refractivity contribution < 1.29 is 9.47 Å². The highest BCUT2D eigenvalue weighted by Crippen LogP contribution is 2.41. The molecule has 0 aliphatic heterocycles. The van der Waals surface area contributed by atoms with Crippen LogP contribution in [0.2, 0.25) is 0 Å². The van der Waals surface area contributed by atoms with Crippen LogP contribution in [-0.4, -0.2) is 14.2 Å². The van der Waals surface area contributed by atoms with Gasteiger partial charge in [0.05, 0.1) is 14.2 Å². The molecule has 0 bridgehead atoms. The minimum atomic E-state index is 0.0926. The molecule has 1 atom stereocenters. The Hall–Kier alpha value is -1.22. The van der Waals surface area contributed by atoms with Crippen LogP contribution in [0, 0.1) is 0 Å². The molecule has 0 aromatic heterocycles. The maximum atomic E-state index is 6.01. The molecular weight excluding hydrogens is 178 g/mol. The zero-order valence-corrected chi connectivity index (χ0v) is 8.54. The summed E-state index contributed by atoms with van der Waals surface area (Å²) in [7, 11) is 3.36. The van der Waals surface area contributed by atoms with E-state index in [0.717, 1.165) is 29.9 Å². The highest BCUT2D eigenvalue weighted by molar-refractivity contribution is 5.52. The van der Waals surface area contributed by atoms with Crippen molar-refractivity contribution in [2.24, 2.45) is 5.73 Å². The van der Waals surface area contributed by atoms with Gasteiger partial charge in [-0.15, -0.1) is 0 Å². The fourth-order valence-corrected chi connectivity index (χ4v) is 2.10. The molecule has 0 saturated heterocycles. The number of rotatable bonds is 2. The molecule has 0 amide bonds. The zero-order chi connectivity index (χ0) is 10.1. The van der Waals surface area contributed by atoms with Gasteiger partial charge in [-0.05, 0) is 25.0 Å². The Morgan fingerprint density at radius 1 is 1.21 bits per heavy atom. The zero-order valence-electron chi connectivity index (χ0n) is 8.54. The number of fused-ring (bicyclic) bond motifs is 1. The van der Waals surface area contributed by atoms with E-state index in [1.54, 1.807) is 14.2 Å². The first-order valence-corrected chi connectivity index (χ1v) is 4.77. The first kappa shape index (κ1) is 9.34. The quantitative estimate of drug-likeness (QED) is 0.776. The van der Waals surface area contributed by atoms with Crippen LogP contribution in [0.1, 0.15) is 23.6 Å². The second-order valence-corrected chi connectivity index (χ2v) is 3.51. The normalized spacial score (nSPS) is 19.2. The fourth-order valence-electron chi connectivity index (χ4n) is 2.10. The van der Waals surface area contributed by atoms with Gasteiger partial charge in [0.1, 0.15) is 11.5 Å². The van der Waals surface area contributed by atoms with E-state index in [1.165, 1.54) is 5.56 Å². The maximum absolute atomic E-state index is 6.01. The second kappa shape index (κ2) is 3.50. The molecule has 1 aromatic rings. The molecule has 0 spiro atoms. The Morgan fingerprint density at radius 3 is 2.50 bits per heavy atom. The van der Waals surface area contributed by atoms with Gasteiger partial charge in [-0.3, -0.25) is 0 Å². The molecule has 3 heteroatoms. The summed E-state index contributed by atoms with van der Waals surface area (Å²) in [6.45, 7) is 0. The van der Waals surface area contributed by atoms with Crippen LogP contribution in [0.5, 0.6) is 11.5 Å². The van der Waals surface area contributed by atoms with Crippen LogP contribution in [-0.2, 0) is 6.42 Å². The summed E-state index contributed by atoms with van der Waals surface area (Å²) in [5.41, 5.74) is 8.34. The smallest absolute Gasteiger partial charge is 0.124 e. The molecule has 3 nitrogen and oxygen atoms in total. The van der Waals surface area contributed by atoms with Crippen LogP contribution in [0.25, 0.3) is 0 Å². The molecule has 2 N–H and O–H groups in total. The van der Waals surface area contributed by atoms with Crippen molar-refractivity contribution in [2.75, 3.05) is 14.2 Å². The van der Waals surface area contributed by atoms with Gasteiger partial charge in [-0.25, -0.2) is 0 Å². The molecule has 0 radical (unpaired) electrons. The summed E-state index contributed by atoms with van der Waals surface area (Å²) >= 11 is 0. The molecule has 2 rings (SSSR count). The highest BCUT2D eigenvalue weighted by Gasteiger charge is 2.26. The molecule has 1 aliphatic rings. The summed E-state index contributed by atoms with van der Waals surface area (Å²) < 4.78 is 10.6. The van der Waals surface area contributed by atoms with Crippen molar-refractivity contribution in [1.29, 1.82) is 0 Å². The van der Waals surface area contributed by atoms with Crippen molar-refractivity contribution in [1.82, 2.24) is 0 Å². The minimum absolute atomic E-state index is 0.0926. The summed E-state index contributed by atoms with van der Waals surface area (Å²) in [6, 6.07) is 3.95. The Balaban J connectivity index is 2.56. The number of methoxy groups -OCH3 is 2. The molecule has 0 saturated carbocycles. The number of hydrogen-bond acceptors (Lipinski definition) is 3. The molecule has 0 unspecified atom stereocenters. The van der Waals surface area contributed by atoms with E-state index in [1.807, 2.05) is 12.1 Å². The largest absolute Gasteiger partial charge is 0.496 e. The molecule has 0 heterocycles. The van der Waals surface area contributed by atoms with Crippen molar-refractivity contribution >= 4 is 0 Å². The maximum Gasteiger partial charge on any atom is 0.124 e. The average molecular weight is 193 g/mol. The van der Waals surface area contributed by atoms with Gasteiger partial charge in [-0.2, -0.15) is 0 Å². The number of ether oxygens (including phenoxy) is 2. The van der Waals surface area contributed by atoms with Crippen LogP contribution < -0.4 is 15.2 Å². The first-order valence-electron chi connectivity index (χ1n) is 4.77. The van der Waals surface area contributed by atoms with E-state index in [-0.39, 0.29) is 6.04 Å². The third kappa shape index (κ3) is 1.24. The van der Waals surface area contributed by atoms with Crippen LogP contribution in [0.15, 0.2) is 12.1 Å². The van der Waals surface area contributed by atoms with Crippen molar-refractivity contribution in [3.8, 4) is 11.5 Å². The molecule has 14 heavy (non-hydrogen) atoms. The summed E-state index contributed by atoms with van der Waals surface area (Å²) in [6.07, 6.45) is 1.96. The van der Waals surface area contributed by atoms with Crippen LogP contribution in [0.4, 0.5) is 0 Å². The Bertz CT molecular complexity index is 349. The lowest BCUT2D eigenvalue weighted by atomic mass is 10.1. The van der Waals surface area contributed by atoms with Crippen molar-refractivity contribution in [2.45, 2.75) is 18.9 Å². The van der Waals surface area contributed by atoms with E-state index >= 15 is 0 Å². The minimum Gasteiger partial charge on any atom is -0.496 e. The number of hydrogen-bond donors (Lipinski definition) is 1. The predicted molar refractivity (Wildman–Crippen MR) is 54.8 cm³/mol. The molecule has 76 valence electrons. The predicted octanol–water partition coefficient (Wildman–Crippen LogP) is 1.65. The monoisotopic (exact) mass is 193 g/mol. The second-order valence-electron chi connectivity index (χ2n) is 3.51. The van der Waals surface area contributed by atoms with E-state index in [9.17, 15) is 0 Å². The van der Waals surface area contributed by atoms with Gasteiger partial charge in [0, 0.05) is 17.2 Å². The van der Waals surface area contributed by atoms with Gasteiger partial charge in [0.25, 0.3) is 0 Å². The fraction of sp³-hybridized carbons (Fsp3) is 0.455. The molecule has 1 aliphatic carbocycles. The van der Waals surface area contributed by atoms with Crippen LogP contribution >= 0.6 is 0 Å². The van der Waals surface area contributed by atoms with Crippen LogP contribution in [0.3, 0.4) is 0 Å². The van der Waals surface area contributed by atoms with E-state index < -0.39 is 0 Å². The van der Waals surface area contributed by atoms with E-state index in [0.29, 0.717) is 0 Å². The Kier molecular flexibility index (Phi) is 2.33. The number of benzene rings is 1.